The van der Waals surface area contributed by atoms with Crippen molar-refractivity contribution in [1.82, 2.24) is 9.78 Å². The maximum atomic E-state index is 13.8. The van der Waals surface area contributed by atoms with Gasteiger partial charge in [-0.05, 0) is 37.1 Å². The normalized spacial score (nSPS) is 17.3. The van der Waals surface area contributed by atoms with Crippen molar-refractivity contribution >= 4 is 11.6 Å². The molecule has 0 amide bonds. The van der Waals surface area contributed by atoms with Gasteiger partial charge in [-0.1, -0.05) is 24.4 Å². The molecule has 1 aliphatic carbocycles. The lowest BCUT2D eigenvalue weighted by molar-refractivity contribution is 0.460. The summed E-state index contributed by atoms with van der Waals surface area (Å²) in [5, 5.41) is 5.09. The van der Waals surface area contributed by atoms with Crippen LogP contribution in [-0.2, 0) is 6.42 Å². The topological polar surface area (TPSA) is 43.8 Å². The van der Waals surface area contributed by atoms with Crippen LogP contribution >= 0.6 is 11.6 Å². The van der Waals surface area contributed by atoms with Crippen LogP contribution in [0.5, 0.6) is 0 Å². The summed E-state index contributed by atoms with van der Waals surface area (Å²) in [7, 11) is 0. The van der Waals surface area contributed by atoms with Gasteiger partial charge in [0.2, 0.25) is 0 Å². The summed E-state index contributed by atoms with van der Waals surface area (Å²) < 4.78 is 15.8. The lowest BCUT2D eigenvalue weighted by atomic mass is 10.0. The smallest absolute Gasteiger partial charge is 0.128 e. The van der Waals surface area contributed by atoms with Gasteiger partial charge in [-0.15, -0.1) is 0 Å². The standard InChI is InChI=1S/C16H19ClFN3/c17-11-5-6-15(18)14(9-11)16(19)10-12-7-8-21(20-12)13-3-1-2-4-13/h5-9,13,16H,1-4,10,19H2. The number of nitrogens with zero attached hydrogens (tertiary/aromatic N) is 2. The van der Waals surface area contributed by atoms with Crippen molar-refractivity contribution in [2.45, 2.75) is 44.2 Å². The van der Waals surface area contributed by atoms with E-state index >= 15 is 0 Å². The van der Waals surface area contributed by atoms with E-state index in [2.05, 4.69) is 5.10 Å². The number of hydrogen-bond acceptors (Lipinski definition) is 2. The van der Waals surface area contributed by atoms with Gasteiger partial charge in [-0.2, -0.15) is 5.10 Å². The van der Waals surface area contributed by atoms with Crippen LogP contribution in [0.25, 0.3) is 0 Å². The van der Waals surface area contributed by atoms with E-state index in [0.29, 0.717) is 23.0 Å². The molecule has 1 atom stereocenters. The van der Waals surface area contributed by atoms with Crippen molar-refractivity contribution in [3.05, 3.63) is 52.6 Å². The summed E-state index contributed by atoms with van der Waals surface area (Å²) in [6.07, 6.45) is 7.44. The molecule has 0 saturated heterocycles. The zero-order valence-corrected chi connectivity index (χ0v) is 12.6. The van der Waals surface area contributed by atoms with E-state index in [1.165, 1.54) is 37.8 Å². The first kappa shape index (κ1) is 14.5. The zero-order valence-electron chi connectivity index (χ0n) is 11.8. The Labute approximate surface area is 128 Å². The van der Waals surface area contributed by atoms with E-state index in [1.807, 2.05) is 16.9 Å². The molecule has 0 radical (unpaired) electrons. The van der Waals surface area contributed by atoms with Gasteiger partial charge in [0.15, 0.2) is 0 Å². The number of aromatic nitrogens is 2. The Morgan fingerprint density at radius 3 is 2.86 bits per heavy atom. The molecule has 3 nitrogen and oxygen atoms in total. The third-order valence-corrected chi connectivity index (χ3v) is 4.38. The molecule has 1 heterocycles. The van der Waals surface area contributed by atoms with Crippen LogP contribution < -0.4 is 5.73 Å². The molecule has 0 bridgehead atoms. The number of nitrogens with two attached hydrogens (primary N) is 1. The van der Waals surface area contributed by atoms with Crippen LogP contribution in [-0.4, -0.2) is 9.78 Å². The lowest BCUT2D eigenvalue weighted by Crippen LogP contribution is -2.16. The van der Waals surface area contributed by atoms with Gasteiger partial charge in [-0.25, -0.2) is 4.39 Å². The van der Waals surface area contributed by atoms with Crippen molar-refractivity contribution in [2.75, 3.05) is 0 Å². The van der Waals surface area contributed by atoms with E-state index in [0.717, 1.165) is 5.69 Å². The van der Waals surface area contributed by atoms with Gasteiger partial charge in [-0.3, -0.25) is 4.68 Å². The first-order valence-corrected chi connectivity index (χ1v) is 7.76. The largest absolute Gasteiger partial charge is 0.324 e. The Bertz CT molecular complexity index is 620. The quantitative estimate of drug-likeness (QED) is 0.926. The zero-order chi connectivity index (χ0) is 14.8. The molecule has 5 heteroatoms. The fraction of sp³-hybridized carbons (Fsp3) is 0.438. The number of benzene rings is 1. The van der Waals surface area contributed by atoms with Crippen molar-refractivity contribution in [1.29, 1.82) is 0 Å². The van der Waals surface area contributed by atoms with Gasteiger partial charge in [0, 0.05) is 29.2 Å². The van der Waals surface area contributed by atoms with Crippen LogP contribution in [0.4, 0.5) is 4.39 Å². The number of halogens is 2. The predicted molar refractivity (Wildman–Crippen MR) is 81.8 cm³/mol. The minimum absolute atomic E-state index is 0.317. The molecule has 1 saturated carbocycles. The maximum Gasteiger partial charge on any atom is 0.128 e. The van der Waals surface area contributed by atoms with Crippen LogP contribution in [0.1, 0.15) is 49.0 Å². The Morgan fingerprint density at radius 1 is 1.33 bits per heavy atom. The van der Waals surface area contributed by atoms with Crippen LogP contribution in [0.15, 0.2) is 30.5 Å². The molecule has 112 valence electrons. The average molecular weight is 308 g/mol. The number of rotatable bonds is 4. The molecule has 0 spiro atoms. The molecule has 1 fully saturated rings. The molecule has 1 unspecified atom stereocenters. The molecule has 1 aliphatic rings. The summed E-state index contributed by atoms with van der Waals surface area (Å²) in [6, 6.07) is 6.53. The Kier molecular flexibility index (Phi) is 4.27. The van der Waals surface area contributed by atoms with Crippen LogP contribution in [0.2, 0.25) is 5.02 Å². The first-order chi connectivity index (χ1) is 10.1. The summed E-state index contributed by atoms with van der Waals surface area (Å²) in [6.45, 7) is 0. The fourth-order valence-electron chi connectivity index (χ4n) is 2.99. The molecule has 21 heavy (non-hydrogen) atoms. The third kappa shape index (κ3) is 3.27. The molecule has 1 aromatic heterocycles. The third-order valence-electron chi connectivity index (χ3n) is 4.15. The van der Waals surface area contributed by atoms with Gasteiger partial charge in [0.05, 0.1) is 11.7 Å². The average Bonchev–Trinajstić information content (AvgIpc) is 3.11. The molecule has 2 N–H and O–H groups in total. The first-order valence-electron chi connectivity index (χ1n) is 7.38. The molecule has 3 rings (SSSR count). The molecular formula is C16H19ClFN3. The fourth-order valence-corrected chi connectivity index (χ4v) is 3.17. The highest BCUT2D eigenvalue weighted by molar-refractivity contribution is 6.30. The van der Waals surface area contributed by atoms with E-state index < -0.39 is 6.04 Å². The minimum Gasteiger partial charge on any atom is -0.324 e. The second-order valence-corrected chi connectivity index (χ2v) is 6.14. The summed E-state index contributed by atoms with van der Waals surface area (Å²) in [4.78, 5) is 0. The summed E-state index contributed by atoms with van der Waals surface area (Å²) in [5.74, 6) is -0.317. The van der Waals surface area contributed by atoms with Gasteiger partial charge >= 0.3 is 0 Å². The Hall–Kier alpha value is -1.39. The second-order valence-electron chi connectivity index (χ2n) is 5.70. The highest BCUT2D eigenvalue weighted by Crippen LogP contribution is 2.29. The monoisotopic (exact) mass is 307 g/mol. The summed E-state index contributed by atoms with van der Waals surface area (Å²) in [5.41, 5.74) is 7.45. The van der Waals surface area contributed by atoms with Gasteiger partial charge in [0.25, 0.3) is 0 Å². The maximum absolute atomic E-state index is 13.8. The van der Waals surface area contributed by atoms with Crippen molar-refractivity contribution < 1.29 is 4.39 Å². The summed E-state index contributed by atoms with van der Waals surface area (Å²) >= 11 is 5.91. The minimum atomic E-state index is -0.435. The van der Waals surface area contributed by atoms with Gasteiger partial charge < -0.3 is 5.73 Å². The van der Waals surface area contributed by atoms with Crippen LogP contribution in [0.3, 0.4) is 0 Å². The molecule has 0 aliphatic heterocycles. The van der Waals surface area contributed by atoms with Crippen molar-refractivity contribution in [2.24, 2.45) is 5.73 Å². The van der Waals surface area contributed by atoms with E-state index in [1.54, 1.807) is 6.07 Å². The van der Waals surface area contributed by atoms with E-state index in [9.17, 15) is 4.39 Å². The highest BCUT2D eigenvalue weighted by atomic mass is 35.5. The number of hydrogen-bond donors (Lipinski definition) is 1. The van der Waals surface area contributed by atoms with Crippen LogP contribution in [0, 0.1) is 5.82 Å². The van der Waals surface area contributed by atoms with Gasteiger partial charge in [0.1, 0.15) is 5.82 Å². The molecule has 1 aromatic carbocycles. The lowest BCUT2D eigenvalue weighted by Gasteiger charge is -2.12. The van der Waals surface area contributed by atoms with Crippen molar-refractivity contribution in [3.8, 4) is 0 Å². The second kappa shape index (κ2) is 6.16. The van der Waals surface area contributed by atoms with Crippen molar-refractivity contribution in [3.63, 3.8) is 0 Å². The van der Waals surface area contributed by atoms with E-state index in [-0.39, 0.29) is 5.82 Å². The predicted octanol–water partition coefficient (Wildman–Crippen LogP) is 4.03. The molecule has 2 aromatic rings. The molecular weight excluding hydrogens is 289 g/mol. The SMILES string of the molecule is NC(Cc1ccn(C2CCCC2)n1)c1cc(Cl)ccc1F. The Balaban J connectivity index is 1.72. The van der Waals surface area contributed by atoms with E-state index in [4.69, 9.17) is 17.3 Å². The highest BCUT2D eigenvalue weighted by Gasteiger charge is 2.19. The Morgan fingerprint density at radius 2 is 2.10 bits per heavy atom.